The molecule has 0 aliphatic carbocycles. The summed E-state index contributed by atoms with van der Waals surface area (Å²) in [6, 6.07) is 14.1. The van der Waals surface area contributed by atoms with Crippen LogP contribution in [0.1, 0.15) is 18.4 Å². The maximum Gasteiger partial charge on any atom is 0.243 e. The van der Waals surface area contributed by atoms with Gasteiger partial charge in [0.25, 0.3) is 0 Å². The van der Waals surface area contributed by atoms with E-state index in [9.17, 15) is 13.2 Å². The largest absolute Gasteiger partial charge is 0.496 e. The molecule has 0 saturated carbocycles. The molecule has 1 amide bonds. The minimum atomic E-state index is -3.53. The molecule has 0 unspecified atom stereocenters. The average Bonchev–Trinajstić information content (AvgIpc) is 2.72. The predicted molar refractivity (Wildman–Crippen MR) is 110 cm³/mol. The smallest absolute Gasteiger partial charge is 0.243 e. The second kappa shape index (κ2) is 9.07. The van der Waals surface area contributed by atoms with Crippen LogP contribution in [0.5, 0.6) is 5.75 Å². The quantitative estimate of drug-likeness (QED) is 0.708. The number of benzene rings is 2. The van der Waals surface area contributed by atoms with Gasteiger partial charge in [0, 0.05) is 35.6 Å². The van der Waals surface area contributed by atoms with Gasteiger partial charge >= 0.3 is 0 Å². The lowest BCUT2D eigenvalue weighted by Crippen LogP contribution is -2.42. The number of methoxy groups -OCH3 is 1. The van der Waals surface area contributed by atoms with Crippen LogP contribution in [0.15, 0.2) is 57.9 Å². The van der Waals surface area contributed by atoms with Crippen molar-refractivity contribution in [1.29, 1.82) is 0 Å². The van der Waals surface area contributed by atoms with Gasteiger partial charge < -0.3 is 10.1 Å². The summed E-state index contributed by atoms with van der Waals surface area (Å²) in [5.74, 6) is 0.496. The van der Waals surface area contributed by atoms with E-state index in [-0.39, 0.29) is 16.7 Å². The highest BCUT2D eigenvalue weighted by Crippen LogP contribution is 2.25. The van der Waals surface area contributed by atoms with Gasteiger partial charge in [-0.1, -0.05) is 34.1 Å². The number of nitrogens with zero attached hydrogens (tertiary/aromatic N) is 1. The van der Waals surface area contributed by atoms with Crippen molar-refractivity contribution in [2.75, 3.05) is 20.2 Å². The number of ether oxygens (including phenoxy) is 1. The van der Waals surface area contributed by atoms with E-state index in [2.05, 4.69) is 21.2 Å². The highest BCUT2D eigenvalue weighted by molar-refractivity contribution is 9.10. The molecule has 0 atom stereocenters. The molecule has 1 fully saturated rings. The summed E-state index contributed by atoms with van der Waals surface area (Å²) < 4.78 is 33.1. The van der Waals surface area contributed by atoms with Gasteiger partial charge in [-0.2, -0.15) is 4.31 Å². The van der Waals surface area contributed by atoms with Gasteiger partial charge in [-0.15, -0.1) is 0 Å². The first-order valence-corrected chi connectivity index (χ1v) is 11.3. The summed E-state index contributed by atoms with van der Waals surface area (Å²) in [6.45, 7) is 1.07. The molecule has 1 saturated heterocycles. The van der Waals surface area contributed by atoms with Crippen LogP contribution >= 0.6 is 15.9 Å². The molecular formula is C20H23BrN2O4S. The Morgan fingerprint density at radius 2 is 1.79 bits per heavy atom. The van der Waals surface area contributed by atoms with E-state index < -0.39 is 10.0 Å². The van der Waals surface area contributed by atoms with E-state index >= 15 is 0 Å². The molecule has 28 heavy (non-hydrogen) atoms. The zero-order chi connectivity index (χ0) is 20.1. The number of rotatable bonds is 6. The van der Waals surface area contributed by atoms with Crippen molar-refractivity contribution in [3.05, 3.63) is 58.6 Å². The number of nitrogens with one attached hydrogen (secondary N) is 1. The Kier molecular flexibility index (Phi) is 6.74. The van der Waals surface area contributed by atoms with Crippen molar-refractivity contribution in [3.8, 4) is 5.75 Å². The highest BCUT2D eigenvalue weighted by atomic mass is 79.9. The van der Waals surface area contributed by atoms with Gasteiger partial charge in [0.2, 0.25) is 15.9 Å². The van der Waals surface area contributed by atoms with Crippen molar-refractivity contribution < 1.29 is 17.9 Å². The fraction of sp³-hybridized carbons (Fsp3) is 0.350. The van der Waals surface area contributed by atoms with E-state index in [1.807, 2.05) is 24.3 Å². The minimum absolute atomic E-state index is 0.0494. The molecule has 0 spiro atoms. The Labute approximate surface area is 174 Å². The maximum atomic E-state index is 12.8. The van der Waals surface area contributed by atoms with E-state index in [1.165, 1.54) is 4.31 Å². The topological polar surface area (TPSA) is 75.7 Å². The molecule has 0 radical (unpaired) electrons. The van der Waals surface area contributed by atoms with Crippen molar-refractivity contribution in [3.63, 3.8) is 0 Å². The number of piperidine rings is 1. The van der Waals surface area contributed by atoms with Crippen molar-refractivity contribution in [2.45, 2.75) is 24.3 Å². The van der Waals surface area contributed by atoms with Crippen LogP contribution in [0.2, 0.25) is 0 Å². The van der Waals surface area contributed by atoms with E-state index in [0.717, 1.165) is 15.8 Å². The number of carbonyl (C=O) groups excluding carboxylic acids is 1. The van der Waals surface area contributed by atoms with Gasteiger partial charge in [-0.05, 0) is 43.2 Å². The Bertz CT molecular complexity index is 923. The van der Waals surface area contributed by atoms with E-state index in [4.69, 9.17) is 4.74 Å². The van der Waals surface area contributed by atoms with Crippen LogP contribution in [0, 0.1) is 5.92 Å². The number of para-hydroxylation sites is 1. The molecule has 2 aromatic rings. The van der Waals surface area contributed by atoms with Crippen LogP contribution in [-0.4, -0.2) is 38.8 Å². The highest BCUT2D eigenvalue weighted by Gasteiger charge is 2.32. The van der Waals surface area contributed by atoms with Crippen molar-refractivity contribution in [1.82, 2.24) is 9.62 Å². The molecule has 1 aliphatic heterocycles. The number of sulfonamides is 1. The summed E-state index contributed by atoms with van der Waals surface area (Å²) in [5, 5.41) is 2.94. The summed E-state index contributed by atoms with van der Waals surface area (Å²) in [4.78, 5) is 12.8. The Balaban J connectivity index is 1.56. The molecule has 8 heteroatoms. The number of amides is 1. The molecule has 0 aromatic heterocycles. The molecule has 3 rings (SSSR count). The monoisotopic (exact) mass is 466 g/mol. The van der Waals surface area contributed by atoms with Gasteiger partial charge in [0.05, 0.1) is 12.0 Å². The second-order valence-corrected chi connectivity index (χ2v) is 9.52. The van der Waals surface area contributed by atoms with Gasteiger partial charge in [-0.25, -0.2) is 8.42 Å². The van der Waals surface area contributed by atoms with Crippen LogP contribution in [-0.2, 0) is 21.4 Å². The first-order valence-electron chi connectivity index (χ1n) is 9.07. The first-order chi connectivity index (χ1) is 13.4. The number of halogens is 1. The number of hydrogen-bond donors (Lipinski definition) is 1. The van der Waals surface area contributed by atoms with Gasteiger partial charge in [0.15, 0.2) is 0 Å². The summed E-state index contributed by atoms with van der Waals surface area (Å²) in [5.41, 5.74) is 0.911. The molecule has 150 valence electrons. The zero-order valence-electron chi connectivity index (χ0n) is 15.6. The van der Waals surface area contributed by atoms with E-state index in [1.54, 1.807) is 31.4 Å². The second-order valence-electron chi connectivity index (χ2n) is 6.66. The van der Waals surface area contributed by atoms with Gasteiger partial charge in [0.1, 0.15) is 5.75 Å². The van der Waals surface area contributed by atoms with Gasteiger partial charge in [-0.3, -0.25) is 4.79 Å². The zero-order valence-corrected chi connectivity index (χ0v) is 18.0. The molecular weight excluding hydrogens is 444 g/mol. The van der Waals surface area contributed by atoms with Crippen LogP contribution < -0.4 is 10.1 Å². The van der Waals surface area contributed by atoms with E-state index in [0.29, 0.717) is 32.5 Å². The minimum Gasteiger partial charge on any atom is -0.496 e. The third-order valence-corrected chi connectivity index (χ3v) is 7.36. The van der Waals surface area contributed by atoms with Crippen molar-refractivity contribution in [2.24, 2.45) is 5.92 Å². The Morgan fingerprint density at radius 3 is 2.43 bits per heavy atom. The van der Waals surface area contributed by atoms with Crippen LogP contribution in [0.4, 0.5) is 0 Å². The predicted octanol–water partition coefficient (Wildman–Crippen LogP) is 3.17. The standard InChI is InChI=1S/C20H23BrN2O4S/c1-27-19-5-3-2-4-16(19)14-22-20(24)15-10-12-23(13-11-15)28(25,26)18-8-6-17(21)7-9-18/h2-9,15H,10-14H2,1H3,(H,22,24). The fourth-order valence-electron chi connectivity index (χ4n) is 3.29. The normalized spacial score (nSPS) is 15.9. The summed E-state index contributed by atoms with van der Waals surface area (Å²) in [6.07, 6.45) is 1.01. The summed E-state index contributed by atoms with van der Waals surface area (Å²) >= 11 is 3.31. The van der Waals surface area contributed by atoms with Crippen LogP contribution in [0.3, 0.4) is 0 Å². The number of hydrogen-bond acceptors (Lipinski definition) is 4. The molecule has 0 bridgehead atoms. The molecule has 1 heterocycles. The van der Waals surface area contributed by atoms with Crippen molar-refractivity contribution >= 4 is 31.9 Å². The summed E-state index contributed by atoms with van der Waals surface area (Å²) in [7, 11) is -1.93. The fourth-order valence-corrected chi connectivity index (χ4v) is 5.02. The van der Waals surface area contributed by atoms with Crippen LogP contribution in [0.25, 0.3) is 0 Å². The maximum absolute atomic E-state index is 12.8. The Hall–Kier alpha value is -1.90. The lowest BCUT2D eigenvalue weighted by Gasteiger charge is -2.30. The Morgan fingerprint density at radius 1 is 1.14 bits per heavy atom. The molecule has 6 nitrogen and oxygen atoms in total. The third kappa shape index (κ3) is 4.74. The lowest BCUT2D eigenvalue weighted by molar-refractivity contribution is -0.126. The third-order valence-electron chi connectivity index (χ3n) is 4.92. The molecule has 1 aliphatic rings. The average molecular weight is 467 g/mol. The SMILES string of the molecule is COc1ccccc1CNC(=O)C1CCN(S(=O)(=O)c2ccc(Br)cc2)CC1. The first kappa shape index (κ1) is 20.8. The molecule has 1 N–H and O–H groups in total. The number of carbonyl (C=O) groups is 1. The lowest BCUT2D eigenvalue weighted by atomic mass is 9.97. The molecule has 2 aromatic carbocycles.